The highest BCUT2D eigenvalue weighted by Gasteiger charge is 2.17. The molecule has 0 aliphatic rings. The Bertz CT molecular complexity index is 413. The Labute approximate surface area is 108 Å². The van der Waals surface area contributed by atoms with Gasteiger partial charge in [0.25, 0.3) is 5.91 Å². The maximum absolute atomic E-state index is 12.1. The summed E-state index contributed by atoms with van der Waals surface area (Å²) in [4.78, 5) is 20.5. The summed E-state index contributed by atoms with van der Waals surface area (Å²) >= 11 is 0. The van der Waals surface area contributed by atoms with E-state index in [-0.39, 0.29) is 23.6 Å². The lowest BCUT2D eigenvalue weighted by Gasteiger charge is -2.15. The van der Waals surface area contributed by atoms with Crippen molar-refractivity contribution in [2.75, 3.05) is 5.73 Å². The molecule has 1 heterocycles. The van der Waals surface area contributed by atoms with Crippen molar-refractivity contribution >= 4 is 11.6 Å². The molecule has 0 aliphatic heterocycles. The topological polar surface area (TPSA) is 80.9 Å². The van der Waals surface area contributed by atoms with Gasteiger partial charge in [0.15, 0.2) is 5.69 Å². The molecule has 3 N–H and O–H groups in total. The number of aromatic nitrogens is 2. The molecule has 0 radical (unpaired) electrons. The van der Waals surface area contributed by atoms with Gasteiger partial charge in [0.2, 0.25) is 0 Å². The number of rotatable bonds is 5. The van der Waals surface area contributed by atoms with Crippen LogP contribution in [0.3, 0.4) is 0 Å². The Morgan fingerprint density at radius 2 is 2.00 bits per heavy atom. The highest BCUT2D eigenvalue weighted by atomic mass is 16.2. The van der Waals surface area contributed by atoms with Crippen LogP contribution in [0.4, 0.5) is 5.69 Å². The van der Waals surface area contributed by atoms with E-state index in [0.717, 1.165) is 12.8 Å². The van der Waals surface area contributed by atoms with E-state index in [1.165, 1.54) is 6.20 Å². The molecule has 100 valence electrons. The minimum atomic E-state index is -0.217. The van der Waals surface area contributed by atoms with Gasteiger partial charge in [0.05, 0.1) is 11.9 Å². The first-order chi connectivity index (χ1) is 8.49. The number of nitrogens with zero attached hydrogens (tertiary/aromatic N) is 2. The van der Waals surface area contributed by atoms with Crippen LogP contribution in [0.1, 0.15) is 62.8 Å². The second-order valence-electron chi connectivity index (χ2n) is 4.67. The van der Waals surface area contributed by atoms with Gasteiger partial charge in [0, 0.05) is 12.0 Å². The van der Waals surface area contributed by atoms with Gasteiger partial charge in [-0.25, -0.2) is 9.97 Å². The summed E-state index contributed by atoms with van der Waals surface area (Å²) in [6.45, 7) is 8.04. The number of amides is 1. The van der Waals surface area contributed by atoms with E-state index in [2.05, 4.69) is 15.3 Å². The molecule has 1 rings (SSSR count). The SMILES string of the molecule is CCC(CC)NC(=O)c1nc(C(C)C)ncc1N. The van der Waals surface area contributed by atoms with Gasteiger partial charge in [0.1, 0.15) is 5.82 Å². The Balaban J connectivity index is 2.94. The summed E-state index contributed by atoms with van der Waals surface area (Å²) < 4.78 is 0. The predicted octanol–water partition coefficient (Wildman–Crippen LogP) is 2.10. The van der Waals surface area contributed by atoms with E-state index < -0.39 is 0 Å². The summed E-state index contributed by atoms with van der Waals surface area (Å²) in [6, 6.07) is 0.161. The summed E-state index contributed by atoms with van der Waals surface area (Å²) in [6.07, 6.45) is 3.29. The molecule has 0 unspecified atom stereocenters. The van der Waals surface area contributed by atoms with Crippen molar-refractivity contribution in [3.8, 4) is 0 Å². The molecule has 1 amide bonds. The molecule has 5 nitrogen and oxygen atoms in total. The van der Waals surface area contributed by atoms with E-state index in [9.17, 15) is 4.79 Å². The van der Waals surface area contributed by atoms with Crippen LogP contribution in [0.2, 0.25) is 0 Å². The average Bonchev–Trinajstić information content (AvgIpc) is 2.35. The minimum Gasteiger partial charge on any atom is -0.396 e. The fourth-order valence-corrected chi connectivity index (χ4v) is 1.61. The van der Waals surface area contributed by atoms with Crippen molar-refractivity contribution < 1.29 is 4.79 Å². The number of carbonyl (C=O) groups excluding carboxylic acids is 1. The Morgan fingerprint density at radius 3 is 2.50 bits per heavy atom. The molecule has 1 aromatic rings. The van der Waals surface area contributed by atoms with Crippen molar-refractivity contribution in [1.29, 1.82) is 0 Å². The third-order valence-corrected chi connectivity index (χ3v) is 2.89. The monoisotopic (exact) mass is 250 g/mol. The zero-order valence-corrected chi connectivity index (χ0v) is 11.5. The number of nitrogens with two attached hydrogens (primary N) is 1. The second kappa shape index (κ2) is 6.33. The molecule has 1 aromatic heterocycles. The zero-order chi connectivity index (χ0) is 13.7. The van der Waals surface area contributed by atoms with Crippen LogP contribution >= 0.6 is 0 Å². The van der Waals surface area contributed by atoms with Crippen molar-refractivity contribution in [3.05, 3.63) is 17.7 Å². The lowest BCUT2D eigenvalue weighted by atomic mass is 10.1. The van der Waals surface area contributed by atoms with Crippen molar-refractivity contribution in [2.45, 2.75) is 52.5 Å². The lowest BCUT2D eigenvalue weighted by Crippen LogP contribution is -2.35. The molecular weight excluding hydrogens is 228 g/mol. The van der Waals surface area contributed by atoms with Crippen molar-refractivity contribution in [2.24, 2.45) is 0 Å². The maximum atomic E-state index is 12.1. The number of hydrogen-bond acceptors (Lipinski definition) is 4. The van der Waals surface area contributed by atoms with Gasteiger partial charge in [-0.3, -0.25) is 4.79 Å². The summed E-state index contributed by atoms with van der Waals surface area (Å²) in [5.74, 6) is 0.592. The highest BCUT2D eigenvalue weighted by molar-refractivity contribution is 5.97. The standard InChI is InChI=1S/C13H22N4O/c1-5-9(6-2)16-13(18)11-10(14)7-15-12(17-11)8(3)4/h7-9H,5-6,14H2,1-4H3,(H,16,18). The Hall–Kier alpha value is -1.65. The fourth-order valence-electron chi connectivity index (χ4n) is 1.61. The number of anilines is 1. The van der Waals surface area contributed by atoms with Crippen LogP contribution in [0.25, 0.3) is 0 Å². The van der Waals surface area contributed by atoms with Crippen LogP contribution < -0.4 is 11.1 Å². The zero-order valence-electron chi connectivity index (χ0n) is 11.5. The number of nitrogens with one attached hydrogen (secondary N) is 1. The van der Waals surface area contributed by atoms with Crippen LogP contribution in [0.15, 0.2) is 6.20 Å². The first kappa shape index (κ1) is 14.4. The summed E-state index contributed by atoms with van der Waals surface area (Å²) in [5.41, 5.74) is 6.36. The summed E-state index contributed by atoms with van der Waals surface area (Å²) in [7, 11) is 0. The van der Waals surface area contributed by atoms with Crippen molar-refractivity contribution in [3.63, 3.8) is 0 Å². The normalized spacial score (nSPS) is 11.0. The first-order valence-electron chi connectivity index (χ1n) is 6.42. The highest BCUT2D eigenvalue weighted by Crippen LogP contribution is 2.14. The molecule has 0 saturated carbocycles. The van der Waals surface area contributed by atoms with Gasteiger partial charge < -0.3 is 11.1 Å². The lowest BCUT2D eigenvalue weighted by molar-refractivity contribution is 0.0930. The van der Waals surface area contributed by atoms with Gasteiger partial charge in [-0.15, -0.1) is 0 Å². The van der Waals surface area contributed by atoms with Crippen LogP contribution in [-0.2, 0) is 0 Å². The van der Waals surface area contributed by atoms with Crippen LogP contribution in [0, 0.1) is 0 Å². The molecule has 0 bridgehead atoms. The molecule has 18 heavy (non-hydrogen) atoms. The van der Waals surface area contributed by atoms with E-state index in [4.69, 9.17) is 5.73 Å². The third kappa shape index (κ3) is 3.42. The molecule has 0 atom stereocenters. The smallest absolute Gasteiger partial charge is 0.272 e. The van der Waals surface area contributed by atoms with Crippen molar-refractivity contribution in [1.82, 2.24) is 15.3 Å². The number of nitrogen functional groups attached to an aromatic ring is 1. The number of hydrogen-bond donors (Lipinski definition) is 2. The Morgan fingerprint density at radius 1 is 1.39 bits per heavy atom. The molecule has 0 aromatic carbocycles. The summed E-state index contributed by atoms with van der Waals surface area (Å²) in [5, 5.41) is 2.93. The van der Waals surface area contributed by atoms with E-state index in [0.29, 0.717) is 11.5 Å². The maximum Gasteiger partial charge on any atom is 0.272 e. The van der Waals surface area contributed by atoms with Gasteiger partial charge in [-0.2, -0.15) is 0 Å². The molecule has 0 saturated heterocycles. The molecular formula is C13H22N4O. The molecule has 0 fully saturated rings. The minimum absolute atomic E-state index is 0.161. The van der Waals surface area contributed by atoms with Crippen LogP contribution in [0.5, 0.6) is 0 Å². The van der Waals surface area contributed by atoms with E-state index in [1.807, 2.05) is 27.7 Å². The molecule has 0 aliphatic carbocycles. The first-order valence-corrected chi connectivity index (χ1v) is 6.42. The average molecular weight is 250 g/mol. The third-order valence-electron chi connectivity index (χ3n) is 2.89. The second-order valence-corrected chi connectivity index (χ2v) is 4.67. The van der Waals surface area contributed by atoms with Gasteiger partial charge in [-0.1, -0.05) is 27.7 Å². The largest absolute Gasteiger partial charge is 0.396 e. The number of carbonyl (C=O) groups is 1. The predicted molar refractivity (Wildman–Crippen MR) is 72.4 cm³/mol. The molecule has 5 heteroatoms. The Kier molecular flexibility index (Phi) is 5.07. The molecule has 0 spiro atoms. The van der Waals surface area contributed by atoms with E-state index in [1.54, 1.807) is 0 Å². The fraction of sp³-hybridized carbons (Fsp3) is 0.615. The van der Waals surface area contributed by atoms with E-state index >= 15 is 0 Å². The van der Waals surface area contributed by atoms with Crippen LogP contribution in [-0.4, -0.2) is 21.9 Å². The van der Waals surface area contributed by atoms with Gasteiger partial charge >= 0.3 is 0 Å². The van der Waals surface area contributed by atoms with Gasteiger partial charge in [-0.05, 0) is 12.8 Å². The quantitative estimate of drug-likeness (QED) is 0.838.